The number of hydrogen-bond donors (Lipinski definition) is 1. The van der Waals surface area contributed by atoms with E-state index in [1.54, 1.807) is 31.2 Å². The SMILES string of the molecule is CCOC(=O)C1=CC23C(=CCN1)C=CC=C2[N+](C)(C)CC3C(=O)c1ccc(Cl)cc1. The lowest BCUT2D eigenvalue weighted by Crippen LogP contribution is -2.38. The summed E-state index contributed by atoms with van der Waals surface area (Å²) in [6.45, 7) is 3.20. The number of halogens is 1. The van der Waals surface area contributed by atoms with E-state index >= 15 is 0 Å². The quantitative estimate of drug-likeness (QED) is 0.454. The smallest absolute Gasteiger partial charge is 0.354 e. The van der Waals surface area contributed by atoms with Gasteiger partial charge >= 0.3 is 5.97 Å². The number of esters is 1. The van der Waals surface area contributed by atoms with Crippen molar-refractivity contribution in [2.45, 2.75) is 6.92 Å². The molecule has 0 amide bonds. The Bertz CT molecular complexity index is 1020. The molecule has 1 aliphatic carbocycles. The van der Waals surface area contributed by atoms with Crippen LogP contribution in [-0.4, -0.2) is 50.0 Å². The molecule has 0 bridgehead atoms. The second-order valence-electron chi connectivity index (χ2n) is 8.39. The first-order valence-electron chi connectivity index (χ1n) is 10.2. The summed E-state index contributed by atoms with van der Waals surface area (Å²) in [6.07, 6.45) is 10.1. The number of carbonyl (C=O) groups excluding carboxylic acids is 2. The van der Waals surface area contributed by atoms with Gasteiger partial charge in [-0.1, -0.05) is 29.8 Å². The van der Waals surface area contributed by atoms with Gasteiger partial charge in [0.15, 0.2) is 5.78 Å². The minimum absolute atomic E-state index is 0.0452. The zero-order chi connectivity index (χ0) is 21.5. The number of likely N-dealkylation sites (tertiary alicyclic amines) is 1. The van der Waals surface area contributed by atoms with Gasteiger partial charge in [-0.25, -0.2) is 4.79 Å². The van der Waals surface area contributed by atoms with Crippen molar-refractivity contribution in [2.24, 2.45) is 11.3 Å². The number of hydrogen-bond acceptors (Lipinski definition) is 4. The molecule has 1 fully saturated rings. The van der Waals surface area contributed by atoms with E-state index in [1.807, 2.05) is 18.2 Å². The van der Waals surface area contributed by atoms with Crippen LogP contribution in [0.3, 0.4) is 0 Å². The van der Waals surface area contributed by atoms with E-state index in [0.717, 1.165) is 11.3 Å². The molecular formula is C24H26ClN2O3+. The molecule has 4 rings (SSSR count). The van der Waals surface area contributed by atoms with E-state index in [9.17, 15) is 9.59 Å². The Morgan fingerprint density at radius 3 is 2.70 bits per heavy atom. The Kier molecular flexibility index (Phi) is 5.20. The number of nitrogens with one attached hydrogen (secondary N) is 1. The van der Waals surface area contributed by atoms with Gasteiger partial charge < -0.3 is 10.1 Å². The normalized spacial score (nSPS) is 26.3. The van der Waals surface area contributed by atoms with Gasteiger partial charge in [0.2, 0.25) is 0 Å². The predicted octanol–water partition coefficient (Wildman–Crippen LogP) is 3.65. The Morgan fingerprint density at radius 2 is 2.00 bits per heavy atom. The van der Waals surface area contributed by atoms with E-state index in [1.165, 1.54) is 0 Å². The van der Waals surface area contributed by atoms with Gasteiger partial charge in [-0.3, -0.25) is 9.28 Å². The number of benzene rings is 1. The first kappa shape index (κ1) is 20.6. The Morgan fingerprint density at radius 1 is 1.27 bits per heavy atom. The summed E-state index contributed by atoms with van der Waals surface area (Å²) >= 11 is 6.04. The molecule has 2 atom stereocenters. The zero-order valence-electron chi connectivity index (χ0n) is 17.4. The van der Waals surface area contributed by atoms with Gasteiger partial charge in [0.25, 0.3) is 0 Å². The van der Waals surface area contributed by atoms with Crippen LogP contribution in [0, 0.1) is 11.3 Å². The molecule has 0 saturated carbocycles. The summed E-state index contributed by atoms with van der Waals surface area (Å²) in [5.74, 6) is -0.713. The van der Waals surface area contributed by atoms with E-state index in [0.29, 0.717) is 40.5 Å². The van der Waals surface area contributed by atoms with E-state index < -0.39 is 11.4 Å². The molecule has 5 nitrogen and oxygen atoms in total. The van der Waals surface area contributed by atoms with Gasteiger partial charge in [-0.05, 0) is 48.9 Å². The van der Waals surface area contributed by atoms with Crippen LogP contribution in [-0.2, 0) is 9.53 Å². The Hall–Kier alpha value is -2.63. The number of rotatable bonds is 4. The van der Waals surface area contributed by atoms with Crippen molar-refractivity contribution in [3.05, 3.63) is 82.2 Å². The minimum atomic E-state index is -0.708. The summed E-state index contributed by atoms with van der Waals surface area (Å²) in [7, 11) is 4.21. The summed E-state index contributed by atoms with van der Waals surface area (Å²) in [5, 5.41) is 3.77. The number of ketones is 1. The number of allylic oxidation sites excluding steroid dienone is 4. The second kappa shape index (κ2) is 7.56. The van der Waals surface area contributed by atoms with Crippen LogP contribution in [0.5, 0.6) is 0 Å². The zero-order valence-corrected chi connectivity index (χ0v) is 18.2. The van der Waals surface area contributed by atoms with E-state index in [4.69, 9.17) is 16.3 Å². The van der Waals surface area contributed by atoms with E-state index in [-0.39, 0.29) is 11.7 Å². The Balaban J connectivity index is 1.90. The minimum Gasteiger partial charge on any atom is -0.461 e. The molecule has 30 heavy (non-hydrogen) atoms. The standard InChI is InChI=1S/C24H26ClN2O3/c1-4-30-23(29)20-14-24-17(12-13-26-20)6-5-7-21(24)27(2,3)15-19(24)22(28)16-8-10-18(25)11-9-16/h5-12,14,19,26H,4,13,15H2,1-3H3/q+1. The fraction of sp³-hybridized carbons (Fsp3) is 0.333. The van der Waals surface area contributed by atoms with Crippen LogP contribution in [0.1, 0.15) is 17.3 Å². The highest BCUT2D eigenvalue weighted by Gasteiger charge is 2.61. The van der Waals surface area contributed by atoms with Gasteiger partial charge in [-0.2, -0.15) is 0 Å². The first-order chi connectivity index (χ1) is 14.3. The first-order valence-corrected chi connectivity index (χ1v) is 10.5. The molecule has 2 heterocycles. The lowest BCUT2D eigenvalue weighted by atomic mass is 9.65. The Labute approximate surface area is 181 Å². The molecule has 156 valence electrons. The highest BCUT2D eigenvalue weighted by Crippen LogP contribution is 2.56. The van der Waals surface area contributed by atoms with Gasteiger partial charge in [0.05, 0.1) is 33.2 Å². The summed E-state index contributed by atoms with van der Waals surface area (Å²) in [5.41, 5.74) is 2.44. The summed E-state index contributed by atoms with van der Waals surface area (Å²) < 4.78 is 5.84. The van der Waals surface area contributed by atoms with Crippen LogP contribution in [0.25, 0.3) is 0 Å². The maximum Gasteiger partial charge on any atom is 0.354 e. The lowest BCUT2D eigenvalue weighted by molar-refractivity contribution is -0.845. The molecule has 1 aromatic rings. The molecule has 0 aromatic heterocycles. The third-order valence-electron chi connectivity index (χ3n) is 6.20. The lowest BCUT2D eigenvalue weighted by Gasteiger charge is -2.35. The molecule has 6 heteroatoms. The molecule has 3 aliphatic rings. The average molecular weight is 426 g/mol. The highest BCUT2D eigenvalue weighted by atomic mass is 35.5. The molecule has 2 aliphatic heterocycles. The van der Waals surface area contributed by atoms with Crippen molar-refractivity contribution >= 4 is 23.4 Å². The van der Waals surface area contributed by atoms with Crippen molar-refractivity contribution in [1.29, 1.82) is 0 Å². The summed E-state index contributed by atoms with van der Waals surface area (Å²) in [6, 6.07) is 7.03. The monoisotopic (exact) mass is 425 g/mol. The van der Waals surface area contributed by atoms with Crippen molar-refractivity contribution in [1.82, 2.24) is 5.32 Å². The maximum absolute atomic E-state index is 13.8. The van der Waals surface area contributed by atoms with Crippen LogP contribution in [0.4, 0.5) is 0 Å². The molecule has 1 saturated heterocycles. The van der Waals surface area contributed by atoms with Crippen molar-refractivity contribution in [2.75, 3.05) is 33.8 Å². The maximum atomic E-state index is 13.8. The number of ether oxygens (including phenoxy) is 1. The van der Waals surface area contributed by atoms with Crippen molar-refractivity contribution in [3.63, 3.8) is 0 Å². The molecule has 1 N–H and O–H groups in total. The molecule has 0 radical (unpaired) electrons. The molecule has 2 unspecified atom stereocenters. The van der Waals surface area contributed by atoms with Gasteiger partial charge in [-0.15, -0.1) is 0 Å². The van der Waals surface area contributed by atoms with E-state index in [2.05, 4.69) is 31.6 Å². The number of carbonyl (C=O) groups is 2. The van der Waals surface area contributed by atoms with Gasteiger partial charge in [0.1, 0.15) is 16.8 Å². The van der Waals surface area contributed by atoms with Gasteiger partial charge in [0, 0.05) is 17.1 Å². The fourth-order valence-corrected chi connectivity index (χ4v) is 5.06. The number of Topliss-reactive ketones (excluding diaryl/α,β-unsaturated/α-hetero) is 1. The number of nitrogens with zero attached hydrogens (tertiary/aromatic N) is 1. The average Bonchev–Trinajstić information content (AvgIpc) is 2.84. The van der Waals surface area contributed by atoms with Crippen LogP contribution < -0.4 is 5.32 Å². The molecule has 1 aromatic carbocycles. The highest BCUT2D eigenvalue weighted by molar-refractivity contribution is 6.30. The number of quaternary nitrogens is 1. The van der Waals surface area contributed by atoms with Crippen molar-refractivity contribution in [3.8, 4) is 0 Å². The molecule has 1 spiro atoms. The third kappa shape index (κ3) is 3.22. The fourth-order valence-electron chi connectivity index (χ4n) is 4.94. The topological polar surface area (TPSA) is 55.4 Å². The third-order valence-corrected chi connectivity index (χ3v) is 6.45. The van der Waals surface area contributed by atoms with Crippen LogP contribution in [0.2, 0.25) is 5.02 Å². The van der Waals surface area contributed by atoms with Crippen molar-refractivity contribution < 1.29 is 18.8 Å². The largest absolute Gasteiger partial charge is 0.461 e. The van der Waals surface area contributed by atoms with Crippen LogP contribution >= 0.6 is 11.6 Å². The second-order valence-corrected chi connectivity index (χ2v) is 8.83. The molecular weight excluding hydrogens is 400 g/mol. The summed E-state index contributed by atoms with van der Waals surface area (Å²) in [4.78, 5) is 26.4. The van der Waals surface area contributed by atoms with Crippen LogP contribution in [0.15, 0.2) is 71.6 Å². The predicted molar refractivity (Wildman–Crippen MR) is 117 cm³/mol.